The largest absolute Gasteiger partial charge is 0.397 e. The zero-order valence-corrected chi connectivity index (χ0v) is 13.0. The molecule has 0 saturated carbocycles. The van der Waals surface area contributed by atoms with Crippen LogP contribution in [-0.4, -0.2) is 31.1 Å². The van der Waals surface area contributed by atoms with Gasteiger partial charge >= 0.3 is 0 Å². The van der Waals surface area contributed by atoms with Crippen molar-refractivity contribution in [3.63, 3.8) is 0 Å². The number of rotatable bonds is 6. The van der Waals surface area contributed by atoms with Crippen molar-refractivity contribution in [3.8, 4) is 0 Å². The highest BCUT2D eigenvalue weighted by Gasteiger charge is 2.02. The van der Waals surface area contributed by atoms with Gasteiger partial charge in [0.15, 0.2) is 0 Å². The van der Waals surface area contributed by atoms with Gasteiger partial charge in [-0.05, 0) is 74.7 Å². The van der Waals surface area contributed by atoms with Crippen LogP contribution in [0.2, 0.25) is 0 Å². The Hall–Kier alpha value is -0.490. The van der Waals surface area contributed by atoms with Gasteiger partial charge in [0, 0.05) is 16.2 Å². The summed E-state index contributed by atoms with van der Waals surface area (Å²) in [5.74, 6) is 0. The van der Waals surface area contributed by atoms with Crippen LogP contribution in [-0.2, 0) is 0 Å². The van der Waals surface area contributed by atoms with E-state index in [1.807, 2.05) is 12.1 Å². The first-order chi connectivity index (χ1) is 8.00. The maximum absolute atomic E-state index is 5.93. The molecule has 17 heavy (non-hydrogen) atoms. The fraction of sp³-hybridized carbons (Fsp3) is 0.538. The summed E-state index contributed by atoms with van der Waals surface area (Å²) >= 11 is 2.27. The van der Waals surface area contributed by atoms with Crippen molar-refractivity contribution in [3.05, 3.63) is 21.8 Å². The summed E-state index contributed by atoms with van der Waals surface area (Å²) in [4.78, 5) is 2.35. The minimum absolute atomic E-state index is 0.610. The average Bonchev–Trinajstić information content (AvgIpc) is 2.26. The number of nitrogen functional groups attached to an aromatic ring is 1. The van der Waals surface area contributed by atoms with Gasteiger partial charge in [-0.1, -0.05) is 0 Å². The van der Waals surface area contributed by atoms with E-state index in [1.165, 1.54) is 3.57 Å². The Morgan fingerprint density at radius 2 is 2.12 bits per heavy atom. The molecule has 3 N–H and O–H groups in total. The van der Waals surface area contributed by atoms with Gasteiger partial charge in [-0.15, -0.1) is 0 Å². The lowest BCUT2D eigenvalue weighted by atomic mass is 10.2. The summed E-state index contributed by atoms with van der Waals surface area (Å²) in [7, 11) is 2.16. The van der Waals surface area contributed by atoms with Crippen LogP contribution in [0.15, 0.2) is 18.2 Å². The van der Waals surface area contributed by atoms with Crippen LogP contribution in [0.25, 0.3) is 0 Å². The van der Waals surface area contributed by atoms with Gasteiger partial charge in [-0.25, -0.2) is 0 Å². The fourth-order valence-electron chi connectivity index (χ4n) is 1.50. The number of nitrogens with zero attached hydrogens (tertiary/aromatic N) is 1. The lowest BCUT2D eigenvalue weighted by molar-refractivity contribution is 0.273. The highest BCUT2D eigenvalue weighted by atomic mass is 127. The third kappa shape index (κ3) is 5.12. The molecule has 0 aliphatic carbocycles. The van der Waals surface area contributed by atoms with Gasteiger partial charge in [0.2, 0.25) is 0 Å². The quantitative estimate of drug-likeness (QED) is 0.472. The molecule has 0 amide bonds. The van der Waals surface area contributed by atoms with E-state index in [2.05, 4.69) is 59.8 Å². The standard InChI is InChI=1S/C13H22IN3/c1-10(2)17(3)8-4-7-16-13-6-5-11(14)9-12(13)15/h5-6,9-10,16H,4,7-8,15H2,1-3H3. The van der Waals surface area contributed by atoms with Gasteiger partial charge in [0.1, 0.15) is 0 Å². The van der Waals surface area contributed by atoms with Crippen LogP contribution < -0.4 is 11.1 Å². The SMILES string of the molecule is CC(C)N(C)CCCNc1ccc(I)cc1N. The maximum Gasteiger partial charge on any atom is 0.0574 e. The van der Waals surface area contributed by atoms with Crippen molar-refractivity contribution in [1.29, 1.82) is 0 Å². The van der Waals surface area contributed by atoms with E-state index < -0.39 is 0 Å². The molecule has 96 valence electrons. The van der Waals surface area contributed by atoms with Crippen molar-refractivity contribution < 1.29 is 0 Å². The molecule has 0 saturated heterocycles. The van der Waals surface area contributed by atoms with Crippen molar-refractivity contribution in [2.24, 2.45) is 0 Å². The van der Waals surface area contributed by atoms with Gasteiger partial charge in [0.25, 0.3) is 0 Å². The van der Waals surface area contributed by atoms with E-state index in [1.54, 1.807) is 0 Å². The number of hydrogen-bond donors (Lipinski definition) is 2. The summed E-state index contributed by atoms with van der Waals surface area (Å²) < 4.78 is 1.17. The highest BCUT2D eigenvalue weighted by molar-refractivity contribution is 14.1. The third-order valence-corrected chi connectivity index (χ3v) is 3.57. The zero-order chi connectivity index (χ0) is 12.8. The molecule has 0 heterocycles. The lowest BCUT2D eigenvalue weighted by Crippen LogP contribution is -2.28. The summed E-state index contributed by atoms with van der Waals surface area (Å²) in [5, 5.41) is 3.38. The number of benzene rings is 1. The molecular formula is C13H22IN3. The van der Waals surface area contributed by atoms with Crippen LogP contribution in [0.3, 0.4) is 0 Å². The molecule has 4 heteroatoms. The van der Waals surface area contributed by atoms with Crippen molar-refractivity contribution in [2.45, 2.75) is 26.3 Å². The predicted octanol–water partition coefficient (Wildman–Crippen LogP) is 3.02. The highest BCUT2D eigenvalue weighted by Crippen LogP contribution is 2.20. The molecule has 0 aliphatic heterocycles. The smallest absolute Gasteiger partial charge is 0.0574 e. The summed E-state index contributed by atoms with van der Waals surface area (Å²) in [6.45, 7) is 6.49. The van der Waals surface area contributed by atoms with E-state index in [4.69, 9.17) is 5.73 Å². The van der Waals surface area contributed by atoms with Crippen LogP contribution in [0.4, 0.5) is 11.4 Å². The van der Waals surface area contributed by atoms with Gasteiger partial charge in [-0.2, -0.15) is 0 Å². The molecule has 0 unspecified atom stereocenters. The second kappa shape index (κ2) is 7.06. The molecule has 0 atom stereocenters. The first-order valence-electron chi connectivity index (χ1n) is 6.00. The Bertz CT molecular complexity index is 353. The van der Waals surface area contributed by atoms with Crippen molar-refractivity contribution in [2.75, 3.05) is 31.2 Å². The number of hydrogen-bond acceptors (Lipinski definition) is 3. The molecule has 0 radical (unpaired) electrons. The lowest BCUT2D eigenvalue weighted by Gasteiger charge is -2.21. The molecule has 0 bridgehead atoms. The molecular weight excluding hydrogens is 325 g/mol. The first-order valence-corrected chi connectivity index (χ1v) is 7.07. The Labute approximate surface area is 118 Å². The van der Waals surface area contributed by atoms with Crippen molar-refractivity contribution >= 4 is 34.0 Å². The molecule has 1 aromatic carbocycles. The maximum atomic E-state index is 5.93. The Morgan fingerprint density at radius 1 is 1.41 bits per heavy atom. The topological polar surface area (TPSA) is 41.3 Å². The second-order valence-corrected chi connectivity index (χ2v) is 5.83. The van der Waals surface area contributed by atoms with Crippen LogP contribution in [0, 0.1) is 3.57 Å². The Morgan fingerprint density at radius 3 is 2.71 bits per heavy atom. The van der Waals surface area contributed by atoms with Crippen LogP contribution >= 0.6 is 22.6 Å². The van der Waals surface area contributed by atoms with Crippen LogP contribution in [0.1, 0.15) is 20.3 Å². The summed E-state index contributed by atoms with van der Waals surface area (Å²) in [6, 6.07) is 6.71. The number of anilines is 2. The molecule has 0 spiro atoms. The third-order valence-electron chi connectivity index (χ3n) is 2.90. The van der Waals surface area contributed by atoms with E-state index in [0.29, 0.717) is 6.04 Å². The number of nitrogens with two attached hydrogens (primary N) is 1. The first kappa shape index (κ1) is 14.6. The summed E-state index contributed by atoms with van der Waals surface area (Å²) in [5.41, 5.74) is 7.80. The van der Waals surface area contributed by atoms with E-state index >= 15 is 0 Å². The monoisotopic (exact) mass is 347 g/mol. The van der Waals surface area contributed by atoms with Gasteiger partial charge < -0.3 is 16.0 Å². The average molecular weight is 347 g/mol. The predicted molar refractivity (Wildman–Crippen MR) is 84.4 cm³/mol. The molecule has 0 fully saturated rings. The number of halogens is 1. The van der Waals surface area contributed by atoms with E-state index in [9.17, 15) is 0 Å². The molecule has 1 aromatic rings. The fourth-order valence-corrected chi connectivity index (χ4v) is 2.02. The summed E-state index contributed by atoms with van der Waals surface area (Å²) in [6.07, 6.45) is 1.13. The van der Waals surface area contributed by atoms with Crippen molar-refractivity contribution in [1.82, 2.24) is 4.90 Å². The second-order valence-electron chi connectivity index (χ2n) is 4.59. The van der Waals surface area contributed by atoms with E-state index in [0.717, 1.165) is 30.9 Å². The molecule has 0 aliphatic rings. The van der Waals surface area contributed by atoms with E-state index in [-0.39, 0.29) is 0 Å². The molecule has 1 rings (SSSR count). The zero-order valence-electron chi connectivity index (χ0n) is 10.8. The Balaban J connectivity index is 2.31. The minimum atomic E-state index is 0.610. The van der Waals surface area contributed by atoms with Gasteiger partial charge in [-0.3, -0.25) is 0 Å². The van der Waals surface area contributed by atoms with Crippen LogP contribution in [0.5, 0.6) is 0 Å². The molecule has 3 nitrogen and oxygen atoms in total. The Kier molecular flexibility index (Phi) is 6.05. The van der Waals surface area contributed by atoms with Gasteiger partial charge in [0.05, 0.1) is 11.4 Å². The normalized spacial score (nSPS) is 11.2. The number of nitrogens with one attached hydrogen (secondary N) is 1. The minimum Gasteiger partial charge on any atom is -0.397 e. The molecule has 0 aromatic heterocycles.